The first-order valence-corrected chi connectivity index (χ1v) is 7.29. The van der Waals surface area contributed by atoms with Crippen LogP contribution in [0.25, 0.3) is 0 Å². The Morgan fingerprint density at radius 1 is 1.48 bits per heavy atom. The number of aliphatic hydroxyl groups is 1. The zero-order valence-corrected chi connectivity index (χ0v) is 12.1. The van der Waals surface area contributed by atoms with Crippen molar-refractivity contribution >= 4 is 33.3 Å². The maximum absolute atomic E-state index is 12.1. The number of hydrogen-bond donors (Lipinski definition) is 3. The van der Waals surface area contributed by atoms with Gasteiger partial charge in [0.05, 0.1) is 11.0 Å². The third-order valence-electron chi connectivity index (χ3n) is 2.44. The highest BCUT2D eigenvalue weighted by Gasteiger charge is 2.33. The van der Waals surface area contributed by atoms with Crippen LogP contribution in [0.3, 0.4) is 0 Å². The number of nitro groups is 1. The molecule has 0 aliphatic rings. The lowest BCUT2D eigenvalue weighted by Crippen LogP contribution is -2.47. The first-order valence-electron chi connectivity index (χ1n) is 5.43. The number of nitro benzene ring substituents is 1. The molecule has 0 saturated carbocycles. The Labute approximate surface area is 124 Å². The van der Waals surface area contributed by atoms with E-state index in [1.54, 1.807) is 4.72 Å². The molecule has 1 aromatic rings. The molecule has 0 aliphatic heterocycles. The van der Waals surface area contributed by atoms with Crippen molar-refractivity contribution in [3.63, 3.8) is 0 Å². The molecule has 0 heterocycles. The monoisotopic (exact) mass is 338 g/mol. The van der Waals surface area contributed by atoms with Crippen molar-refractivity contribution in [1.29, 1.82) is 0 Å². The normalized spacial score (nSPS) is 14.4. The smallest absolute Gasteiger partial charge is 0.324 e. The maximum Gasteiger partial charge on any atom is 0.324 e. The second kappa shape index (κ2) is 6.35. The highest BCUT2D eigenvalue weighted by molar-refractivity contribution is 7.89. The van der Waals surface area contributed by atoms with E-state index in [1.807, 2.05) is 0 Å². The summed E-state index contributed by atoms with van der Waals surface area (Å²) in [6.07, 6.45) is -1.54. The number of nitrogens with one attached hydrogen (secondary N) is 1. The summed E-state index contributed by atoms with van der Waals surface area (Å²) >= 11 is 5.56. The fourth-order valence-corrected chi connectivity index (χ4v) is 3.03. The van der Waals surface area contributed by atoms with Crippen LogP contribution in [0.5, 0.6) is 0 Å². The second-order valence-corrected chi connectivity index (χ2v) is 6.17. The molecule has 0 spiro atoms. The minimum Gasteiger partial charge on any atom is -0.480 e. The van der Waals surface area contributed by atoms with Gasteiger partial charge in [-0.25, -0.2) is 8.42 Å². The number of carbonyl (C=O) groups is 1. The molecule has 0 fully saturated rings. The number of nitrogens with zero attached hydrogens (tertiary/aromatic N) is 1. The van der Waals surface area contributed by atoms with Crippen LogP contribution in [0.1, 0.15) is 6.92 Å². The molecule has 1 aromatic carbocycles. The van der Waals surface area contributed by atoms with Crippen LogP contribution in [0.2, 0.25) is 5.02 Å². The number of rotatable bonds is 6. The topological polar surface area (TPSA) is 147 Å². The average Bonchev–Trinajstić information content (AvgIpc) is 2.34. The average molecular weight is 339 g/mol. The van der Waals surface area contributed by atoms with E-state index in [9.17, 15) is 28.4 Å². The molecule has 0 radical (unpaired) electrons. The summed E-state index contributed by atoms with van der Waals surface area (Å²) in [6, 6.07) is 0.976. The van der Waals surface area contributed by atoms with Gasteiger partial charge in [-0.15, -0.1) is 0 Å². The molecule has 3 N–H and O–H groups in total. The molecule has 116 valence electrons. The number of aliphatic hydroxyl groups excluding tert-OH is 1. The van der Waals surface area contributed by atoms with E-state index in [0.717, 1.165) is 25.1 Å². The summed E-state index contributed by atoms with van der Waals surface area (Å²) in [4.78, 5) is 20.0. The SMILES string of the molecule is CC(O)C(NS(=O)(=O)c1ccc(Cl)cc1[N+](=O)[O-])C(=O)O. The first kappa shape index (κ1) is 17.3. The lowest BCUT2D eigenvalue weighted by molar-refractivity contribution is -0.387. The quantitative estimate of drug-likeness (QED) is 0.501. The molecule has 0 aliphatic carbocycles. The Morgan fingerprint density at radius 3 is 2.48 bits per heavy atom. The number of hydrogen-bond acceptors (Lipinski definition) is 6. The van der Waals surface area contributed by atoms with Crippen LogP contribution < -0.4 is 4.72 Å². The molecule has 0 bridgehead atoms. The lowest BCUT2D eigenvalue weighted by atomic mass is 10.2. The highest BCUT2D eigenvalue weighted by Crippen LogP contribution is 2.27. The van der Waals surface area contributed by atoms with Crippen molar-refractivity contribution < 1.29 is 28.3 Å². The predicted octanol–water partition coefficient (Wildman–Crippen LogP) is 0.360. The van der Waals surface area contributed by atoms with Crippen molar-refractivity contribution in [2.24, 2.45) is 0 Å². The zero-order valence-electron chi connectivity index (χ0n) is 10.6. The third kappa shape index (κ3) is 4.11. The van der Waals surface area contributed by atoms with Crippen molar-refractivity contribution in [3.8, 4) is 0 Å². The molecular formula is C10H11ClN2O7S. The van der Waals surface area contributed by atoms with Crippen LogP contribution in [0.4, 0.5) is 5.69 Å². The van der Waals surface area contributed by atoms with Gasteiger partial charge in [0.1, 0.15) is 6.04 Å². The van der Waals surface area contributed by atoms with Crippen LogP contribution >= 0.6 is 11.6 Å². The summed E-state index contributed by atoms with van der Waals surface area (Å²) in [6.45, 7) is 1.07. The second-order valence-electron chi connectivity index (χ2n) is 4.05. The van der Waals surface area contributed by atoms with Gasteiger partial charge < -0.3 is 10.2 Å². The molecule has 1 rings (SSSR count). The number of halogens is 1. The number of carboxylic acid groups (broad SMARTS) is 1. The number of aliphatic carboxylic acids is 1. The van der Waals surface area contributed by atoms with Gasteiger partial charge in [-0.3, -0.25) is 14.9 Å². The Balaban J connectivity index is 3.32. The number of benzene rings is 1. The van der Waals surface area contributed by atoms with Gasteiger partial charge in [0.25, 0.3) is 5.69 Å². The van der Waals surface area contributed by atoms with Gasteiger partial charge in [-0.1, -0.05) is 11.6 Å². The zero-order chi connectivity index (χ0) is 16.4. The molecule has 9 nitrogen and oxygen atoms in total. The first-order chi connectivity index (χ1) is 9.56. The van der Waals surface area contributed by atoms with Crippen molar-refractivity contribution in [3.05, 3.63) is 33.3 Å². The largest absolute Gasteiger partial charge is 0.480 e. The molecule has 11 heteroatoms. The minimum absolute atomic E-state index is 0.0500. The van der Waals surface area contributed by atoms with E-state index < -0.39 is 43.6 Å². The standard InChI is InChI=1S/C10H11ClN2O7S/c1-5(14)9(10(15)16)12-21(19,20)8-3-2-6(11)4-7(8)13(17)18/h2-5,9,12,14H,1H3,(H,15,16). The minimum atomic E-state index is -4.53. The predicted molar refractivity (Wildman–Crippen MR) is 71.5 cm³/mol. The van der Waals surface area contributed by atoms with Gasteiger partial charge in [-0.2, -0.15) is 4.72 Å². The molecule has 2 atom stereocenters. The Morgan fingerprint density at radius 2 is 2.05 bits per heavy atom. The molecule has 0 aromatic heterocycles. The Hall–Kier alpha value is -1.75. The molecule has 2 unspecified atom stereocenters. The van der Waals surface area contributed by atoms with Crippen molar-refractivity contribution in [2.45, 2.75) is 24.0 Å². The summed E-state index contributed by atoms with van der Waals surface area (Å²) in [5.74, 6) is -1.62. The van der Waals surface area contributed by atoms with Gasteiger partial charge >= 0.3 is 5.97 Å². The van der Waals surface area contributed by atoms with Gasteiger partial charge in [0.15, 0.2) is 4.90 Å². The molecular weight excluding hydrogens is 328 g/mol. The molecule has 21 heavy (non-hydrogen) atoms. The van der Waals surface area contributed by atoms with Crippen LogP contribution in [-0.2, 0) is 14.8 Å². The summed E-state index contributed by atoms with van der Waals surface area (Å²) < 4.78 is 25.8. The maximum atomic E-state index is 12.1. The van der Waals surface area contributed by atoms with Gasteiger partial charge in [0, 0.05) is 11.1 Å². The van der Waals surface area contributed by atoms with E-state index in [4.69, 9.17) is 16.7 Å². The Bertz CT molecular complexity index is 674. The van der Waals surface area contributed by atoms with E-state index in [-0.39, 0.29) is 5.02 Å². The van der Waals surface area contributed by atoms with E-state index >= 15 is 0 Å². The number of carboxylic acids is 1. The molecule has 0 saturated heterocycles. The summed E-state index contributed by atoms with van der Waals surface area (Å²) in [5, 5.41) is 28.9. The fourth-order valence-electron chi connectivity index (χ4n) is 1.45. The van der Waals surface area contributed by atoms with Crippen LogP contribution in [0.15, 0.2) is 23.1 Å². The number of sulfonamides is 1. The van der Waals surface area contributed by atoms with Gasteiger partial charge in [-0.05, 0) is 19.1 Å². The van der Waals surface area contributed by atoms with E-state index in [1.165, 1.54) is 0 Å². The lowest BCUT2D eigenvalue weighted by Gasteiger charge is -2.17. The van der Waals surface area contributed by atoms with Crippen LogP contribution in [0, 0.1) is 10.1 Å². The summed E-state index contributed by atoms with van der Waals surface area (Å²) in [7, 11) is -4.53. The van der Waals surface area contributed by atoms with Crippen molar-refractivity contribution in [2.75, 3.05) is 0 Å². The van der Waals surface area contributed by atoms with Crippen LogP contribution in [-0.4, -0.2) is 41.7 Å². The molecule has 0 amide bonds. The Kier molecular flexibility index (Phi) is 5.23. The van der Waals surface area contributed by atoms with E-state index in [2.05, 4.69) is 0 Å². The van der Waals surface area contributed by atoms with Crippen molar-refractivity contribution in [1.82, 2.24) is 4.72 Å². The third-order valence-corrected chi connectivity index (χ3v) is 4.16. The van der Waals surface area contributed by atoms with E-state index in [0.29, 0.717) is 0 Å². The summed E-state index contributed by atoms with van der Waals surface area (Å²) in [5.41, 5.74) is -0.801. The van der Waals surface area contributed by atoms with Gasteiger partial charge in [0.2, 0.25) is 10.0 Å². The fraction of sp³-hybridized carbons (Fsp3) is 0.300. The highest BCUT2D eigenvalue weighted by atomic mass is 35.5.